The van der Waals surface area contributed by atoms with Crippen LogP contribution in [0.2, 0.25) is 0 Å². The van der Waals surface area contributed by atoms with Gasteiger partial charge in [-0.15, -0.1) is 0 Å². The van der Waals surface area contributed by atoms with Crippen molar-refractivity contribution in [3.8, 4) is 0 Å². The van der Waals surface area contributed by atoms with E-state index in [9.17, 15) is 0 Å². The average Bonchev–Trinajstić information content (AvgIpc) is 1.92. The molecular formula is C7H13BF3N. The predicted octanol–water partition coefficient (Wildman–Crippen LogP) is -8.27. The summed E-state index contributed by atoms with van der Waals surface area (Å²) in [5.41, 5.74) is 0. The molecule has 3 heterocycles. The van der Waals surface area contributed by atoms with Crippen molar-refractivity contribution < 1.29 is 14.1 Å². The number of piperidine rings is 3. The Labute approximate surface area is 73.2 Å². The number of fused-ring (bicyclic) bond motifs is 3. The Morgan fingerprint density at radius 3 is 1.17 bits per heavy atom. The fraction of sp³-hybridized carbons (Fsp3) is 1.00. The Bertz CT molecular complexity index is 73.6. The molecule has 0 spiro atoms. The average molecular weight is 179 g/mol. The summed E-state index contributed by atoms with van der Waals surface area (Å²) in [5.74, 6) is 1.11. The second kappa shape index (κ2) is 7.46. The van der Waals surface area contributed by atoms with E-state index >= 15 is 0 Å². The van der Waals surface area contributed by atoms with Gasteiger partial charge in [0.25, 0.3) is 0 Å². The molecule has 0 aliphatic carbocycles. The fourth-order valence-corrected chi connectivity index (χ4v) is 1.86. The van der Waals surface area contributed by atoms with Crippen molar-refractivity contribution >= 4 is 8.41 Å². The van der Waals surface area contributed by atoms with E-state index in [-0.39, 0.29) is 22.5 Å². The van der Waals surface area contributed by atoms with Crippen LogP contribution in [0.1, 0.15) is 19.3 Å². The molecule has 70 valence electrons. The number of halogens is 3. The molecule has 0 aromatic carbocycles. The van der Waals surface area contributed by atoms with Crippen LogP contribution < -0.4 is 14.1 Å². The smallest absolute Gasteiger partial charge is 1.00 e. The molecular weight excluding hydrogens is 166 g/mol. The SMILES string of the molecule is C1CN2CCC1CC2.[B+3].[F-].[F-].[F-]. The third kappa shape index (κ3) is 3.47. The molecule has 3 aliphatic rings. The van der Waals surface area contributed by atoms with Crippen molar-refractivity contribution in [3.05, 3.63) is 0 Å². The maximum absolute atomic E-state index is 2.58. The summed E-state index contributed by atoms with van der Waals surface area (Å²) in [6.45, 7) is 4.18. The monoisotopic (exact) mass is 179 g/mol. The number of hydrogen-bond donors (Lipinski definition) is 0. The summed E-state index contributed by atoms with van der Waals surface area (Å²) in [6, 6.07) is 0. The third-order valence-electron chi connectivity index (χ3n) is 2.56. The van der Waals surface area contributed by atoms with E-state index in [2.05, 4.69) is 4.90 Å². The van der Waals surface area contributed by atoms with Crippen molar-refractivity contribution in [1.29, 1.82) is 0 Å². The molecule has 0 amide bonds. The second-order valence-corrected chi connectivity index (χ2v) is 3.07. The van der Waals surface area contributed by atoms with Crippen LogP contribution in [-0.4, -0.2) is 32.9 Å². The van der Waals surface area contributed by atoms with Crippen LogP contribution in [0.3, 0.4) is 0 Å². The molecule has 3 fully saturated rings. The van der Waals surface area contributed by atoms with Crippen LogP contribution >= 0.6 is 0 Å². The predicted molar refractivity (Wildman–Crippen MR) is 39.5 cm³/mol. The minimum atomic E-state index is 0. The van der Waals surface area contributed by atoms with E-state index in [0.29, 0.717) is 0 Å². The molecule has 0 aromatic rings. The maximum Gasteiger partial charge on any atom is 3.00 e. The van der Waals surface area contributed by atoms with Crippen molar-refractivity contribution in [1.82, 2.24) is 4.90 Å². The van der Waals surface area contributed by atoms with Crippen LogP contribution in [0, 0.1) is 5.92 Å². The molecule has 0 radical (unpaired) electrons. The van der Waals surface area contributed by atoms with E-state index in [4.69, 9.17) is 0 Å². The Hall–Kier alpha value is -0.185. The third-order valence-corrected chi connectivity index (χ3v) is 2.56. The molecule has 3 rings (SSSR count). The summed E-state index contributed by atoms with van der Waals surface area (Å²) in [4.78, 5) is 2.58. The molecule has 3 saturated heterocycles. The van der Waals surface area contributed by atoms with Crippen molar-refractivity contribution in [2.24, 2.45) is 5.92 Å². The van der Waals surface area contributed by atoms with Gasteiger partial charge in [0.15, 0.2) is 0 Å². The number of hydrogen-bond acceptors (Lipinski definition) is 1. The van der Waals surface area contributed by atoms with Crippen LogP contribution in [0.5, 0.6) is 0 Å². The minimum absolute atomic E-state index is 0. The summed E-state index contributed by atoms with van der Waals surface area (Å²) in [6.07, 6.45) is 4.46. The van der Waals surface area contributed by atoms with Crippen LogP contribution in [0.25, 0.3) is 0 Å². The van der Waals surface area contributed by atoms with Crippen LogP contribution in [-0.2, 0) is 0 Å². The van der Waals surface area contributed by atoms with Crippen LogP contribution in [0.15, 0.2) is 0 Å². The fourth-order valence-electron chi connectivity index (χ4n) is 1.86. The Morgan fingerprint density at radius 1 is 0.750 bits per heavy atom. The summed E-state index contributed by atoms with van der Waals surface area (Å²) in [5, 5.41) is 0. The molecule has 0 aromatic heterocycles. The van der Waals surface area contributed by atoms with Gasteiger partial charge in [0.05, 0.1) is 0 Å². The van der Waals surface area contributed by atoms with Gasteiger partial charge in [-0.25, -0.2) is 0 Å². The van der Waals surface area contributed by atoms with Gasteiger partial charge >= 0.3 is 8.41 Å². The summed E-state index contributed by atoms with van der Waals surface area (Å²) < 4.78 is 0. The van der Waals surface area contributed by atoms with Crippen molar-refractivity contribution in [3.63, 3.8) is 0 Å². The van der Waals surface area contributed by atoms with E-state index in [1.54, 1.807) is 0 Å². The largest absolute Gasteiger partial charge is 3.00 e. The molecule has 0 atom stereocenters. The topological polar surface area (TPSA) is 3.24 Å². The summed E-state index contributed by atoms with van der Waals surface area (Å²) >= 11 is 0. The zero-order valence-electron chi connectivity index (χ0n) is 6.98. The first kappa shape index (κ1) is 17.8. The van der Waals surface area contributed by atoms with Gasteiger partial charge in [-0.1, -0.05) is 0 Å². The molecule has 5 heteroatoms. The zero-order valence-corrected chi connectivity index (χ0v) is 6.98. The zero-order chi connectivity index (χ0) is 5.40. The minimum Gasteiger partial charge on any atom is -1.00 e. The Kier molecular flexibility index (Phi) is 11.1. The first-order valence-electron chi connectivity index (χ1n) is 3.67. The van der Waals surface area contributed by atoms with Gasteiger partial charge in [-0.2, -0.15) is 0 Å². The molecule has 12 heavy (non-hydrogen) atoms. The molecule has 1 nitrogen and oxygen atoms in total. The summed E-state index contributed by atoms with van der Waals surface area (Å²) in [7, 11) is 0. The van der Waals surface area contributed by atoms with E-state index in [1.165, 1.54) is 38.9 Å². The number of rotatable bonds is 0. The van der Waals surface area contributed by atoms with Gasteiger partial charge < -0.3 is 19.0 Å². The molecule has 3 aliphatic heterocycles. The van der Waals surface area contributed by atoms with Gasteiger partial charge in [0, 0.05) is 0 Å². The van der Waals surface area contributed by atoms with Crippen molar-refractivity contribution in [2.45, 2.75) is 19.3 Å². The Morgan fingerprint density at radius 2 is 1.08 bits per heavy atom. The molecule has 2 bridgehead atoms. The standard InChI is InChI=1S/C7H13N.B.3FH/c1-4-8-5-2-7(1)3-6-8;;;;/h7H,1-6H2;;3*1H/q;+3;;;/p-3. The van der Waals surface area contributed by atoms with Gasteiger partial charge in [0.2, 0.25) is 0 Å². The number of nitrogens with zero attached hydrogens (tertiary/aromatic N) is 1. The van der Waals surface area contributed by atoms with E-state index in [0.717, 1.165) is 5.92 Å². The van der Waals surface area contributed by atoms with E-state index in [1.807, 2.05) is 0 Å². The maximum atomic E-state index is 2.58. The first-order valence-corrected chi connectivity index (χ1v) is 3.67. The molecule has 0 N–H and O–H groups in total. The van der Waals surface area contributed by atoms with E-state index < -0.39 is 0 Å². The van der Waals surface area contributed by atoms with Gasteiger partial charge in [0.1, 0.15) is 0 Å². The normalized spacial score (nSPS) is 30.0. The molecule has 0 saturated carbocycles. The van der Waals surface area contributed by atoms with Crippen molar-refractivity contribution in [2.75, 3.05) is 19.6 Å². The van der Waals surface area contributed by atoms with Gasteiger partial charge in [-0.05, 0) is 44.8 Å². The van der Waals surface area contributed by atoms with Gasteiger partial charge in [-0.3, -0.25) is 0 Å². The molecule has 0 unspecified atom stereocenters. The van der Waals surface area contributed by atoms with Crippen LogP contribution in [0.4, 0.5) is 0 Å². The Balaban J connectivity index is -0.000000202. The second-order valence-electron chi connectivity index (χ2n) is 3.07. The first-order chi connectivity index (χ1) is 3.95. The quantitative estimate of drug-likeness (QED) is 0.334.